The minimum Gasteiger partial charge on any atom is -0.484 e. The number of benzene rings is 2. The number of aromatic amines is 1. The second-order valence-corrected chi connectivity index (χ2v) is 8.11. The molecule has 1 aliphatic heterocycles. The van der Waals surface area contributed by atoms with Crippen LogP contribution in [0.4, 0.5) is 5.69 Å². The Labute approximate surface area is 187 Å². The van der Waals surface area contributed by atoms with E-state index in [2.05, 4.69) is 34.3 Å². The first-order chi connectivity index (χ1) is 15.5. The number of anilines is 1. The van der Waals surface area contributed by atoms with E-state index in [1.807, 2.05) is 17.0 Å². The van der Waals surface area contributed by atoms with E-state index < -0.39 is 0 Å². The SMILES string of the molecule is CC1CCCC(C)N1C(=O)COc1ccc(C(=O)Nc2ccc(-c3ncn[nH]3)cc2)cc1. The summed E-state index contributed by atoms with van der Waals surface area (Å²) < 4.78 is 5.68. The average molecular weight is 434 g/mol. The number of nitrogens with zero attached hydrogens (tertiary/aromatic N) is 3. The van der Waals surface area contributed by atoms with Gasteiger partial charge in [0.2, 0.25) is 0 Å². The van der Waals surface area contributed by atoms with E-state index in [0.717, 1.165) is 24.8 Å². The molecule has 4 rings (SSSR count). The second-order valence-electron chi connectivity index (χ2n) is 8.11. The normalized spacial score (nSPS) is 18.2. The average Bonchev–Trinajstić information content (AvgIpc) is 3.33. The van der Waals surface area contributed by atoms with E-state index in [4.69, 9.17) is 4.74 Å². The van der Waals surface area contributed by atoms with Crippen molar-refractivity contribution in [2.24, 2.45) is 0 Å². The number of aromatic nitrogens is 3. The lowest BCUT2D eigenvalue weighted by Crippen LogP contribution is -2.49. The van der Waals surface area contributed by atoms with Gasteiger partial charge in [-0.3, -0.25) is 14.7 Å². The van der Waals surface area contributed by atoms with E-state index in [-0.39, 0.29) is 30.5 Å². The molecule has 1 aliphatic rings. The molecule has 2 atom stereocenters. The number of likely N-dealkylation sites (tertiary alicyclic amines) is 1. The number of nitrogens with one attached hydrogen (secondary N) is 2. The Kier molecular flexibility index (Phi) is 6.49. The van der Waals surface area contributed by atoms with Crippen LogP contribution in [0, 0.1) is 0 Å². The van der Waals surface area contributed by atoms with E-state index >= 15 is 0 Å². The highest BCUT2D eigenvalue weighted by atomic mass is 16.5. The molecule has 32 heavy (non-hydrogen) atoms. The molecule has 166 valence electrons. The quantitative estimate of drug-likeness (QED) is 0.614. The number of rotatable bonds is 6. The first-order valence-corrected chi connectivity index (χ1v) is 10.8. The molecule has 2 amide bonds. The zero-order valence-corrected chi connectivity index (χ0v) is 18.2. The topological polar surface area (TPSA) is 100 Å². The molecule has 0 saturated carbocycles. The van der Waals surface area contributed by atoms with Crippen LogP contribution in [0.5, 0.6) is 5.75 Å². The Bertz CT molecular complexity index is 1040. The summed E-state index contributed by atoms with van der Waals surface area (Å²) >= 11 is 0. The van der Waals surface area contributed by atoms with Gasteiger partial charge in [-0.05, 0) is 81.6 Å². The Morgan fingerprint density at radius 2 is 1.75 bits per heavy atom. The molecule has 0 spiro atoms. The Balaban J connectivity index is 1.31. The standard InChI is InChI=1S/C24H27N5O3/c1-16-4-3-5-17(2)29(16)22(30)14-32-21-12-8-19(9-13-21)24(31)27-20-10-6-18(7-11-20)23-25-15-26-28-23/h6-13,15-17H,3-5,14H2,1-2H3,(H,27,31)(H,25,26,28). The first-order valence-electron chi connectivity index (χ1n) is 10.8. The fraction of sp³-hybridized carbons (Fsp3) is 0.333. The zero-order valence-electron chi connectivity index (χ0n) is 18.2. The number of hydrogen-bond acceptors (Lipinski definition) is 5. The number of hydrogen-bond donors (Lipinski definition) is 2. The van der Waals surface area contributed by atoms with Crippen molar-refractivity contribution in [1.82, 2.24) is 20.1 Å². The van der Waals surface area contributed by atoms with Crippen molar-refractivity contribution in [2.75, 3.05) is 11.9 Å². The predicted octanol–water partition coefficient (Wildman–Crippen LogP) is 3.89. The van der Waals surface area contributed by atoms with Crippen LogP contribution in [-0.2, 0) is 4.79 Å². The summed E-state index contributed by atoms with van der Waals surface area (Å²) in [6.45, 7) is 4.17. The molecule has 1 fully saturated rings. The molecule has 0 aliphatic carbocycles. The van der Waals surface area contributed by atoms with Crippen molar-refractivity contribution < 1.29 is 14.3 Å². The lowest BCUT2D eigenvalue weighted by atomic mass is 9.97. The minimum atomic E-state index is -0.226. The Morgan fingerprint density at radius 1 is 1.06 bits per heavy atom. The van der Waals surface area contributed by atoms with E-state index in [0.29, 0.717) is 22.8 Å². The summed E-state index contributed by atoms with van der Waals surface area (Å²) in [6, 6.07) is 14.6. The van der Waals surface area contributed by atoms with Crippen molar-refractivity contribution in [3.63, 3.8) is 0 Å². The molecule has 1 aromatic heterocycles. The van der Waals surface area contributed by atoms with Crippen LogP contribution in [0.15, 0.2) is 54.9 Å². The molecule has 0 bridgehead atoms. The number of piperidine rings is 1. The van der Waals surface area contributed by atoms with Gasteiger partial charge < -0.3 is 15.0 Å². The molecular formula is C24H27N5O3. The number of carbonyl (C=O) groups excluding carboxylic acids is 2. The summed E-state index contributed by atoms with van der Waals surface area (Å²) in [5, 5.41) is 9.50. The van der Waals surface area contributed by atoms with Gasteiger partial charge in [-0.1, -0.05) is 0 Å². The van der Waals surface area contributed by atoms with E-state index in [1.165, 1.54) is 6.33 Å². The summed E-state index contributed by atoms with van der Waals surface area (Å²) in [5.74, 6) is 1.00. The predicted molar refractivity (Wildman–Crippen MR) is 121 cm³/mol. The van der Waals surface area contributed by atoms with Crippen molar-refractivity contribution in [3.8, 4) is 17.1 Å². The summed E-state index contributed by atoms with van der Waals surface area (Å²) in [6.07, 6.45) is 4.66. The van der Waals surface area contributed by atoms with Crippen molar-refractivity contribution >= 4 is 17.5 Å². The van der Waals surface area contributed by atoms with Crippen LogP contribution < -0.4 is 10.1 Å². The smallest absolute Gasteiger partial charge is 0.260 e. The third kappa shape index (κ3) is 4.96. The third-order valence-corrected chi connectivity index (χ3v) is 5.79. The molecule has 8 nitrogen and oxygen atoms in total. The highest BCUT2D eigenvalue weighted by Gasteiger charge is 2.28. The maximum atomic E-state index is 12.6. The van der Waals surface area contributed by atoms with Gasteiger partial charge in [-0.25, -0.2) is 4.98 Å². The van der Waals surface area contributed by atoms with Gasteiger partial charge in [-0.2, -0.15) is 5.10 Å². The maximum Gasteiger partial charge on any atom is 0.260 e. The molecule has 1 saturated heterocycles. The van der Waals surface area contributed by atoms with Crippen LogP contribution >= 0.6 is 0 Å². The molecule has 0 radical (unpaired) electrons. The Hall–Kier alpha value is -3.68. The van der Waals surface area contributed by atoms with Gasteiger partial charge in [0.15, 0.2) is 12.4 Å². The van der Waals surface area contributed by atoms with Crippen molar-refractivity contribution in [1.29, 1.82) is 0 Å². The largest absolute Gasteiger partial charge is 0.484 e. The van der Waals surface area contributed by atoms with Gasteiger partial charge in [0, 0.05) is 28.9 Å². The first kappa shape index (κ1) is 21.5. The summed E-state index contributed by atoms with van der Waals surface area (Å²) in [5.41, 5.74) is 2.06. The van der Waals surface area contributed by atoms with Crippen molar-refractivity contribution in [2.45, 2.75) is 45.2 Å². The van der Waals surface area contributed by atoms with E-state index in [9.17, 15) is 9.59 Å². The Morgan fingerprint density at radius 3 is 2.38 bits per heavy atom. The lowest BCUT2D eigenvalue weighted by molar-refractivity contribution is -0.139. The van der Waals surface area contributed by atoms with Crippen LogP contribution in [0.3, 0.4) is 0 Å². The molecule has 3 aromatic rings. The molecule has 2 N–H and O–H groups in total. The lowest BCUT2D eigenvalue weighted by Gasteiger charge is -2.38. The second kappa shape index (κ2) is 9.64. The molecule has 2 unspecified atom stereocenters. The van der Waals surface area contributed by atoms with E-state index in [1.54, 1.807) is 36.4 Å². The number of ether oxygens (including phenoxy) is 1. The van der Waals surface area contributed by atoms with Crippen LogP contribution in [0.2, 0.25) is 0 Å². The highest BCUT2D eigenvalue weighted by Crippen LogP contribution is 2.23. The van der Waals surface area contributed by atoms with Gasteiger partial charge in [0.25, 0.3) is 11.8 Å². The van der Waals surface area contributed by atoms with Gasteiger partial charge in [-0.15, -0.1) is 0 Å². The summed E-state index contributed by atoms with van der Waals surface area (Å²) in [4.78, 5) is 31.2. The molecular weight excluding hydrogens is 406 g/mol. The maximum absolute atomic E-state index is 12.6. The zero-order chi connectivity index (χ0) is 22.5. The van der Waals surface area contributed by atoms with Gasteiger partial charge >= 0.3 is 0 Å². The fourth-order valence-corrected chi connectivity index (χ4v) is 4.09. The minimum absolute atomic E-state index is 0.000274. The fourth-order valence-electron chi connectivity index (χ4n) is 4.09. The monoisotopic (exact) mass is 433 g/mol. The molecule has 2 aromatic carbocycles. The number of carbonyl (C=O) groups is 2. The molecule has 2 heterocycles. The van der Waals surface area contributed by atoms with Crippen LogP contribution in [0.25, 0.3) is 11.4 Å². The van der Waals surface area contributed by atoms with Gasteiger partial charge in [0.05, 0.1) is 0 Å². The number of amides is 2. The van der Waals surface area contributed by atoms with Crippen LogP contribution in [0.1, 0.15) is 43.5 Å². The number of H-pyrrole nitrogens is 1. The molecule has 8 heteroatoms. The summed E-state index contributed by atoms with van der Waals surface area (Å²) in [7, 11) is 0. The third-order valence-electron chi connectivity index (χ3n) is 5.79. The van der Waals surface area contributed by atoms with Gasteiger partial charge in [0.1, 0.15) is 12.1 Å². The highest BCUT2D eigenvalue weighted by molar-refractivity contribution is 6.04. The van der Waals surface area contributed by atoms with Crippen LogP contribution in [-0.4, -0.2) is 50.6 Å². The van der Waals surface area contributed by atoms with Crippen molar-refractivity contribution in [3.05, 3.63) is 60.4 Å².